The number of ether oxygens (including phenoxy) is 2. The van der Waals surface area contributed by atoms with Crippen molar-refractivity contribution < 1.29 is 18.7 Å². The Kier molecular flexibility index (Phi) is 7.85. The number of halogens is 1. The zero-order chi connectivity index (χ0) is 26.0. The molecule has 1 aromatic carbocycles. The maximum Gasteiger partial charge on any atom is 0.338 e. The number of furan rings is 1. The van der Waals surface area contributed by atoms with Crippen LogP contribution in [-0.2, 0) is 9.53 Å². The number of para-hydroxylation sites is 1. The minimum atomic E-state index is -0.735. The molecular formula is C26H28BrN3O5S. The van der Waals surface area contributed by atoms with E-state index < -0.39 is 12.0 Å². The first-order valence-electron chi connectivity index (χ1n) is 11.6. The van der Waals surface area contributed by atoms with Gasteiger partial charge in [0.2, 0.25) is 5.88 Å². The largest absolute Gasteiger partial charge is 0.496 e. The van der Waals surface area contributed by atoms with Crippen molar-refractivity contribution in [1.29, 1.82) is 0 Å². The Morgan fingerprint density at radius 3 is 2.69 bits per heavy atom. The Balaban J connectivity index is 2.00. The Bertz CT molecular complexity index is 1500. The van der Waals surface area contributed by atoms with Gasteiger partial charge in [-0.1, -0.05) is 42.9 Å². The van der Waals surface area contributed by atoms with Crippen molar-refractivity contribution in [3.63, 3.8) is 0 Å². The average molecular weight is 574 g/mol. The maximum atomic E-state index is 13.8. The molecule has 0 radical (unpaired) electrons. The standard InChI is InChI=1S/C26H28BrN3O5S/c1-6-10-18-21(25(32)34-7-2)22(16-11-8-9-12-19(16)33-5)30-23(31)20(36-26(30)28-18)14-15-13-17(27)24(35-15)29(3)4/h8-9,11-14,22H,6-7,10H2,1-5H3/b20-14+/t22-/m1/s1. The second kappa shape index (κ2) is 10.9. The van der Waals surface area contributed by atoms with Crippen LogP contribution < -0.4 is 24.5 Å². The van der Waals surface area contributed by atoms with Crippen LogP contribution in [-0.4, -0.2) is 38.3 Å². The molecule has 8 nitrogen and oxygen atoms in total. The van der Waals surface area contributed by atoms with Gasteiger partial charge < -0.3 is 18.8 Å². The second-order valence-electron chi connectivity index (χ2n) is 8.35. The van der Waals surface area contributed by atoms with Gasteiger partial charge in [-0.05, 0) is 35.3 Å². The van der Waals surface area contributed by atoms with Gasteiger partial charge in [-0.2, -0.15) is 0 Å². The predicted molar refractivity (Wildman–Crippen MR) is 143 cm³/mol. The fourth-order valence-electron chi connectivity index (χ4n) is 4.19. The van der Waals surface area contributed by atoms with E-state index in [2.05, 4.69) is 15.9 Å². The summed E-state index contributed by atoms with van der Waals surface area (Å²) in [7, 11) is 5.32. The molecule has 0 fully saturated rings. The van der Waals surface area contributed by atoms with Crippen LogP contribution in [0.1, 0.15) is 44.1 Å². The molecule has 4 rings (SSSR count). The smallest absolute Gasteiger partial charge is 0.338 e. The fraction of sp³-hybridized carbons (Fsp3) is 0.346. The molecule has 0 bridgehead atoms. The summed E-state index contributed by atoms with van der Waals surface area (Å²) >= 11 is 4.76. The normalized spacial score (nSPS) is 15.5. The zero-order valence-corrected chi connectivity index (χ0v) is 23.2. The molecule has 0 spiro atoms. The lowest BCUT2D eigenvalue weighted by molar-refractivity contribution is -0.139. The number of carbonyl (C=O) groups is 1. The van der Waals surface area contributed by atoms with E-state index in [9.17, 15) is 9.59 Å². The highest BCUT2D eigenvalue weighted by Gasteiger charge is 2.35. The van der Waals surface area contributed by atoms with Crippen molar-refractivity contribution in [3.05, 3.63) is 77.1 Å². The van der Waals surface area contributed by atoms with Gasteiger partial charge >= 0.3 is 5.97 Å². The first-order chi connectivity index (χ1) is 17.3. The molecule has 0 unspecified atom stereocenters. The van der Waals surface area contributed by atoms with Crippen molar-refractivity contribution in [2.45, 2.75) is 32.7 Å². The number of allylic oxidation sites excluding steroid dienone is 1. The van der Waals surface area contributed by atoms with E-state index in [-0.39, 0.29) is 12.2 Å². The number of rotatable bonds is 8. The molecule has 0 N–H and O–H groups in total. The summed E-state index contributed by atoms with van der Waals surface area (Å²) in [5, 5.41) is 0. The first-order valence-corrected chi connectivity index (χ1v) is 13.2. The third-order valence-corrected chi connectivity index (χ3v) is 7.24. The number of carbonyl (C=O) groups excluding carboxylic acids is 1. The van der Waals surface area contributed by atoms with Crippen LogP contribution in [0.25, 0.3) is 6.08 Å². The molecule has 36 heavy (non-hydrogen) atoms. The summed E-state index contributed by atoms with van der Waals surface area (Å²) in [6.07, 6.45) is 3.05. The van der Waals surface area contributed by atoms with Crippen molar-refractivity contribution >= 4 is 45.2 Å². The third kappa shape index (κ3) is 4.79. The minimum Gasteiger partial charge on any atom is -0.496 e. The number of methoxy groups -OCH3 is 1. The molecule has 1 atom stereocenters. The molecule has 190 valence electrons. The van der Waals surface area contributed by atoms with Crippen molar-refractivity contribution in [2.75, 3.05) is 32.7 Å². The number of benzene rings is 1. The lowest BCUT2D eigenvalue weighted by Crippen LogP contribution is -2.40. The number of anilines is 1. The van der Waals surface area contributed by atoms with Gasteiger partial charge in [0.1, 0.15) is 17.6 Å². The second-order valence-corrected chi connectivity index (χ2v) is 10.2. The van der Waals surface area contributed by atoms with E-state index in [4.69, 9.17) is 18.9 Å². The lowest BCUT2D eigenvalue weighted by Gasteiger charge is -2.26. The van der Waals surface area contributed by atoms with Crippen LogP contribution in [0.5, 0.6) is 5.75 Å². The van der Waals surface area contributed by atoms with Crippen molar-refractivity contribution in [1.82, 2.24) is 4.57 Å². The molecule has 0 amide bonds. The summed E-state index contributed by atoms with van der Waals surface area (Å²) in [5.41, 5.74) is 1.40. The highest BCUT2D eigenvalue weighted by Crippen LogP contribution is 2.37. The van der Waals surface area contributed by atoms with Gasteiger partial charge in [0.05, 0.1) is 34.0 Å². The number of hydrogen-bond acceptors (Lipinski definition) is 8. The van der Waals surface area contributed by atoms with Crippen LogP contribution in [0.3, 0.4) is 0 Å². The molecule has 10 heteroatoms. The van der Waals surface area contributed by atoms with E-state index >= 15 is 0 Å². The summed E-state index contributed by atoms with van der Waals surface area (Å²) in [5.74, 6) is 1.27. The lowest BCUT2D eigenvalue weighted by atomic mass is 9.93. The highest BCUT2D eigenvalue weighted by atomic mass is 79.9. The minimum absolute atomic E-state index is 0.215. The van der Waals surface area contributed by atoms with Crippen LogP contribution in [0, 0.1) is 0 Å². The molecular weight excluding hydrogens is 546 g/mol. The summed E-state index contributed by atoms with van der Waals surface area (Å²) < 4.78 is 19.8. The Labute approximate surface area is 221 Å². The number of hydrogen-bond donors (Lipinski definition) is 0. The summed E-state index contributed by atoms with van der Waals surface area (Å²) in [4.78, 5) is 34.2. The molecule has 3 aromatic rings. The van der Waals surface area contributed by atoms with Gasteiger partial charge in [0.25, 0.3) is 5.56 Å². The van der Waals surface area contributed by atoms with E-state index in [1.807, 2.05) is 56.3 Å². The molecule has 0 saturated heterocycles. The van der Waals surface area contributed by atoms with Gasteiger partial charge in [0.15, 0.2) is 4.80 Å². The number of aromatic nitrogens is 1. The van der Waals surface area contributed by atoms with E-state index in [0.717, 1.165) is 10.9 Å². The van der Waals surface area contributed by atoms with Crippen LogP contribution in [0.2, 0.25) is 0 Å². The van der Waals surface area contributed by atoms with E-state index in [1.165, 1.54) is 11.3 Å². The van der Waals surface area contributed by atoms with Gasteiger partial charge in [0, 0.05) is 31.8 Å². The number of fused-ring (bicyclic) bond motifs is 1. The summed E-state index contributed by atoms with van der Waals surface area (Å²) in [6, 6.07) is 8.47. The molecule has 1 aliphatic heterocycles. The Morgan fingerprint density at radius 1 is 1.31 bits per heavy atom. The van der Waals surface area contributed by atoms with E-state index in [1.54, 1.807) is 24.7 Å². The van der Waals surface area contributed by atoms with Crippen molar-refractivity contribution in [3.8, 4) is 5.75 Å². The zero-order valence-electron chi connectivity index (χ0n) is 20.8. The highest BCUT2D eigenvalue weighted by molar-refractivity contribution is 9.10. The third-order valence-electron chi connectivity index (χ3n) is 5.69. The molecule has 0 aliphatic carbocycles. The van der Waals surface area contributed by atoms with Crippen LogP contribution in [0.4, 0.5) is 5.88 Å². The molecule has 1 aliphatic rings. The van der Waals surface area contributed by atoms with E-state index in [0.29, 0.717) is 50.0 Å². The molecule has 2 aromatic heterocycles. The quantitative estimate of drug-likeness (QED) is 0.378. The Hall–Kier alpha value is -3.11. The SMILES string of the molecule is CCCC1=C(C(=O)OCC)[C@@H](c2ccccc2OC)n2c(s/c(=C/c3cc(Br)c(N(C)C)o3)c2=O)=N1. The maximum absolute atomic E-state index is 13.8. The number of esters is 1. The predicted octanol–water partition coefficient (Wildman–Crippen LogP) is 4.01. The van der Waals surface area contributed by atoms with Crippen LogP contribution in [0.15, 0.2) is 60.3 Å². The van der Waals surface area contributed by atoms with Gasteiger partial charge in [-0.3, -0.25) is 9.36 Å². The molecule has 3 heterocycles. The first kappa shape index (κ1) is 26.0. The van der Waals surface area contributed by atoms with Gasteiger partial charge in [-0.15, -0.1) is 0 Å². The summed E-state index contributed by atoms with van der Waals surface area (Å²) in [6.45, 7) is 4.00. The van der Waals surface area contributed by atoms with Crippen molar-refractivity contribution in [2.24, 2.45) is 4.99 Å². The van der Waals surface area contributed by atoms with Gasteiger partial charge in [-0.25, -0.2) is 9.79 Å². The number of nitrogens with zero attached hydrogens (tertiary/aromatic N) is 3. The fourth-order valence-corrected chi connectivity index (χ4v) is 5.85. The van der Waals surface area contributed by atoms with Crippen LogP contribution >= 0.6 is 27.3 Å². The average Bonchev–Trinajstić information content (AvgIpc) is 3.37. The number of thiazole rings is 1. The Morgan fingerprint density at radius 2 is 2.06 bits per heavy atom. The molecule has 0 saturated carbocycles. The topological polar surface area (TPSA) is 86.3 Å². The monoisotopic (exact) mass is 573 g/mol.